The topological polar surface area (TPSA) is 118 Å². The molecule has 4 aromatic rings. The second kappa shape index (κ2) is 8.16. The minimum absolute atomic E-state index is 0.267. The third-order valence-electron chi connectivity index (χ3n) is 6.18. The molecule has 0 aliphatic heterocycles. The van der Waals surface area contributed by atoms with Crippen molar-refractivity contribution in [1.29, 1.82) is 0 Å². The van der Waals surface area contributed by atoms with E-state index in [1.807, 2.05) is 10.9 Å². The van der Waals surface area contributed by atoms with Gasteiger partial charge in [0, 0.05) is 31.3 Å². The molecule has 9 heteroatoms. The van der Waals surface area contributed by atoms with Gasteiger partial charge in [-0.15, -0.1) is 0 Å². The fraction of sp³-hybridized carbons (Fsp3) is 0.348. The molecule has 3 heterocycles. The van der Waals surface area contributed by atoms with Crippen molar-refractivity contribution >= 4 is 5.95 Å². The maximum absolute atomic E-state index is 5.64. The highest BCUT2D eigenvalue weighted by Crippen LogP contribution is 2.50. The lowest BCUT2D eigenvalue weighted by atomic mass is 9.77. The molecule has 0 spiro atoms. The summed E-state index contributed by atoms with van der Waals surface area (Å²) < 4.78 is 12.6. The Morgan fingerprint density at radius 1 is 1.09 bits per heavy atom. The molecule has 1 aliphatic carbocycles. The Morgan fingerprint density at radius 2 is 1.84 bits per heavy atom. The normalized spacial score (nSPS) is 15.6. The van der Waals surface area contributed by atoms with Crippen LogP contribution in [0.5, 0.6) is 0 Å². The highest BCUT2D eigenvalue weighted by atomic mass is 16.5. The predicted octanol–water partition coefficient (Wildman–Crippen LogP) is 3.33. The van der Waals surface area contributed by atoms with Crippen LogP contribution in [-0.2, 0) is 16.7 Å². The maximum Gasteiger partial charge on any atom is 0.261 e. The van der Waals surface area contributed by atoms with Crippen molar-refractivity contribution in [3.63, 3.8) is 0 Å². The van der Waals surface area contributed by atoms with Gasteiger partial charge in [0.1, 0.15) is 0 Å². The highest BCUT2D eigenvalue weighted by molar-refractivity contribution is 5.63. The van der Waals surface area contributed by atoms with Crippen LogP contribution in [0, 0.1) is 5.92 Å². The molecule has 3 aromatic heterocycles. The number of nitrogens with zero attached hydrogens (tertiary/aromatic N) is 6. The minimum Gasteiger partial charge on any atom is -0.383 e. The third-order valence-corrected chi connectivity index (χ3v) is 6.18. The zero-order valence-corrected chi connectivity index (χ0v) is 18.1. The van der Waals surface area contributed by atoms with Gasteiger partial charge >= 0.3 is 0 Å². The Labute approximate surface area is 185 Å². The van der Waals surface area contributed by atoms with Gasteiger partial charge in [0.05, 0.1) is 30.3 Å². The molecule has 164 valence electrons. The van der Waals surface area contributed by atoms with Crippen LogP contribution < -0.4 is 5.73 Å². The smallest absolute Gasteiger partial charge is 0.261 e. The number of hydrogen-bond donors (Lipinski definition) is 1. The van der Waals surface area contributed by atoms with Crippen molar-refractivity contribution < 1.29 is 9.26 Å². The lowest BCUT2D eigenvalue weighted by molar-refractivity contribution is 0.183. The lowest BCUT2D eigenvalue weighted by Crippen LogP contribution is -2.28. The summed E-state index contributed by atoms with van der Waals surface area (Å²) in [4.78, 5) is 12.9. The zero-order chi connectivity index (χ0) is 22.1. The largest absolute Gasteiger partial charge is 0.383 e. The molecule has 1 aliphatic rings. The van der Waals surface area contributed by atoms with Crippen molar-refractivity contribution in [3.05, 3.63) is 60.4 Å². The number of ether oxygens (including phenoxy) is 1. The Bertz CT molecular complexity index is 1200. The Morgan fingerprint density at radius 3 is 2.53 bits per heavy atom. The lowest BCUT2D eigenvalue weighted by Gasteiger charge is -2.27. The monoisotopic (exact) mass is 431 g/mol. The molecule has 1 unspecified atom stereocenters. The molecule has 0 bridgehead atoms. The van der Waals surface area contributed by atoms with Gasteiger partial charge < -0.3 is 15.0 Å². The highest BCUT2D eigenvalue weighted by Gasteiger charge is 2.47. The van der Waals surface area contributed by atoms with E-state index in [-0.39, 0.29) is 11.4 Å². The molecule has 0 radical (unpaired) electrons. The number of methoxy groups -OCH3 is 1. The number of nitrogen functional groups attached to an aromatic ring is 1. The molecule has 5 rings (SSSR count). The molecule has 32 heavy (non-hydrogen) atoms. The summed E-state index contributed by atoms with van der Waals surface area (Å²) in [6.45, 7) is 3.46. The van der Waals surface area contributed by atoms with Crippen molar-refractivity contribution in [2.75, 3.05) is 19.5 Å². The number of aromatic nitrogens is 6. The minimum atomic E-state index is -0.329. The second-order valence-corrected chi connectivity index (χ2v) is 8.29. The summed E-state index contributed by atoms with van der Waals surface area (Å²) in [6.07, 6.45) is 9.39. The van der Waals surface area contributed by atoms with Crippen LogP contribution in [0.1, 0.15) is 31.2 Å². The van der Waals surface area contributed by atoms with Crippen LogP contribution in [-0.4, -0.2) is 43.6 Å². The summed E-state index contributed by atoms with van der Waals surface area (Å²) in [6, 6.07) is 8.41. The molecule has 9 nitrogen and oxygen atoms in total. The number of rotatable bonds is 8. The van der Waals surface area contributed by atoms with Crippen LogP contribution >= 0.6 is 0 Å². The Kier molecular flexibility index (Phi) is 5.18. The second-order valence-electron chi connectivity index (χ2n) is 8.29. The summed E-state index contributed by atoms with van der Waals surface area (Å²) in [7, 11) is 1.67. The number of anilines is 1. The van der Waals surface area contributed by atoms with E-state index in [4.69, 9.17) is 20.0 Å². The fourth-order valence-electron chi connectivity index (χ4n) is 4.04. The van der Waals surface area contributed by atoms with Crippen LogP contribution in [0.15, 0.2) is 53.6 Å². The van der Waals surface area contributed by atoms with Crippen LogP contribution in [0.25, 0.3) is 22.6 Å². The van der Waals surface area contributed by atoms with Crippen molar-refractivity contribution in [1.82, 2.24) is 29.9 Å². The van der Waals surface area contributed by atoms with Gasteiger partial charge in [-0.05, 0) is 36.8 Å². The molecule has 1 fully saturated rings. The summed E-state index contributed by atoms with van der Waals surface area (Å²) in [5.74, 6) is 1.92. The van der Waals surface area contributed by atoms with E-state index in [1.54, 1.807) is 25.7 Å². The molecule has 2 N–H and O–H groups in total. The average Bonchev–Trinajstić information content (AvgIpc) is 3.37. The summed E-state index contributed by atoms with van der Waals surface area (Å²) >= 11 is 0. The first-order chi connectivity index (χ1) is 15.6. The molecule has 1 aromatic carbocycles. The fourth-order valence-corrected chi connectivity index (χ4v) is 4.04. The van der Waals surface area contributed by atoms with E-state index < -0.39 is 0 Å². The van der Waals surface area contributed by atoms with Gasteiger partial charge in [0.25, 0.3) is 5.89 Å². The number of hydrogen-bond acceptors (Lipinski definition) is 8. The molecule has 0 saturated heterocycles. The van der Waals surface area contributed by atoms with Crippen LogP contribution in [0.4, 0.5) is 5.95 Å². The molecule has 1 atom stereocenters. The first kappa shape index (κ1) is 20.3. The van der Waals surface area contributed by atoms with Crippen molar-refractivity contribution in [2.45, 2.75) is 31.7 Å². The predicted molar refractivity (Wildman–Crippen MR) is 118 cm³/mol. The third kappa shape index (κ3) is 3.75. The number of benzene rings is 1. The van der Waals surface area contributed by atoms with Gasteiger partial charge in [-0.2, -0.15) is 10.1 Å². The van der Waals surface area contributed by atoms with Gasteiger partial charge in [-0.1, -0.05) is 29.4 Å². The first-order valence-corrected chi connectivity index (χ1v) is 10.6. The Hall–Kier alpha value is -3.59. The van der Waals surface area contributed by atoms with Crippen LogP contribution in [0.3, 0.4) is 0 Å². The van der Waals surface area contributed by atoms with Crippen LogP contribution in [0.2, 0.25) is 0 Å². The van der Waals surface area contributed by atoms with Gasteiger partial charge in [-0.3, -0.25) is 4.68 Å². The first-order valence-electron chi connectivity index (χ1n) is 10.6. The van der Waals surface area contributed by atoms with E-state index in [2.05, 4.69) is 51.4 Å². The zero-order valence-electron chi connectivity index (χ0n) is 18.1. The van der Waals surface area contributed by atoms with Gasteiger partial charge in [0.2, 0.25) is 5.95 Å². The quantitative estimate of drug-likeness (QED) is 0.451. The van der Waals surface area contributed by atoms with E-state index in [0.717, 1.165) is 35.1 Å². The molecule has 1 saturated carbocycles. The van der Waals surface area contributed by atoms with E-state index in [9.17, 15) is 0 Å². The summed E-state index contributed by atoms with van der Waals surface area (Å²) in [5.41, 5.74) is 9.18. The van der Waals surface area contributed by atoms with Gasteiger partial charge in [0.15, 0.2) is 5.82 Å². The van der Waals surface area contributed by atoms with Crippen molar-refractivity contribution in [2.24, 2.45) is 5.92 Å². The van der Waals surface area contributed by atoms with E-state index in [0.29, 0.717) is 30.8 Å². The maximum atomic E-state index is 5.64. The Balaban J connectivity index is 1.43. The molecular formula is C23H25N7O2. The standard InChI is InChI=1S/C23H25N7O2/c1-23(19-7-8-19,18-5-3-15(4-6-18)16-11-25-22(24)26-12-16)21-28-20(32-29-21)17-13-27-30(14-17)9-10-31-2/h3-6,11-14,19H,7-10H2,1-2H3,(H2,24,25,26). The van der Waals surface area contributed by atoms with E-state index >= 15 is 0 Å². The average molecular weight is 432 g/mol. The molecular weight excluding hydrogens is 406 g/mol. The van der Waals surface area contributed by atoms with Crippen molar-refractivity contribution in [3.8, 4) is 22.6 Å². The molecule has 0 amide bonds. The summed E-state index contributed by atoms with van der Waals surface area (Å²) in [5, 5.41) is 8.72. The SMILES string of the molecule is COCCn1cc(-c2nc(C(C)(c3ccc(-c4cnc(N)nc4)cc3)C3CC3)no2)cn1. The van der Waals surface area contributed by atoms with Gasteiger partial charge in [-0.25, -0.2) is 9.97 Å². The van der Waals surface area contributed by atoms with E-state index in [1.165, 1.54) is 0 Å². The number of nitrogens with two attached hydrogens (primary N) is 1.